The van der Waals surface area contributed by atoms with Gasteiger partial charge in [-0.3, -0.25) is 0 Å². The van der Waals surface area contributed by atoms with Crippen LogP contribution in [0.3, 0.4) is 0 Å². The average Bonchev–Trinajstić information content (AvgIpc) is 3.09. The van der Waals surface area contributed by atoms with Gasteiger partial charge in [0, 0.05) is 24.5 Å². The summed E-state index contributed by atoms with van der Waals surface area (Å²) in [5.74, 6) is 0.577. The summed E-state index contributed by atoms with van der Waals surface area (Å²) in [6, 6.07) is 8.44. The third-order valence-corrected chi connectivity index (χ3v) is 4.08. The second-order valence-electron chi connectivity index (χ2n) is 5.61. The van der Waals surface area contributed by atoms with Gasteiger partial charge in [-0.1, -0.05) is 19.9 Å². The number of nitrogens with zero attached hydrogens (tertiary/aromatic N) is 4. The van der Waals surface area contributed by atoms with Crippen molar-refractivity contribution in [1.82, 2.24) is 15.2 Å². The minimum atomic E-state index is 0.577. The summed E-state index contributed by atoms with van der Waals surface area (Å²) < 4.78 is 0. The van der Waals surface area contributed by atoms with Crippen molar-refractivity contribution in [3.63, 3.8) is 0 Å². The van der Waals surface area contributed by atoms with Gasteiger partial charge in [-0.25, -0.2) is 4.98 Å². The average molecular weight is 297 g/mol. The van der Waals surface area contributed by atoms with E-state index in [1.807, 2.05) is 6.07 Å². The van der Waals surface area contributed by atoms with Gasteiger partial charge in [0.2, 0.25) is 5.95 Å². The molecule has 5 heteroatoms. The van der Waals surface area contributed by atoms with Crippen LogP contribution in [-0.2, 0) is 12.8 Å². The van der Waals surface area contributed by atoms with E-state index in [-0.39, 0.29) is 0 Å². The van der Waals surface area contributed by atoms with Crippen molar-refractivity contribution in [1.29, 1.82) is 0 Å². The number of rotatable bonds is 5. The van der Waals surface area contributed by atoms with Gasteiger partial charge < -0.3 is 10.2 Å². The van der Waals surface area contributed by atoms with Crippen LogP contribution in [0.4, 0.5) is 17.3 Å². The normalized spacial score (nSPS) is 14.4. The van der Waals surface area contributed by atoms with Crippen LogP contribution in [0.2, 0.25) is 0 Å². The maximum Gasteiger partial charge on any atom is 0.247 e. The van der Waals surface area contributed by atoms with Crippen LogP contribution < -0.4 is 10.2 Å². The molecule has 116 valence electrons. The highest BCUT2D eigenvalue weighted by atomic mass is 15.2. The molecule has 0 bridgehead atoms. The molecule has 1 aromatic heterocycles. The van der Waals surface area contributed by atoms with Crippen LogP contribution in [0.1, 0.15) is 38.1 Å². The maximum absolute atomic E-state index is 4.59. The zero-order valence-corrected chi connectivity index (χ0v) is 13.3. The second-order valence-corrected chi connectivity index (χ2v) is 5.61. The van der Waals surface area contributed by atoms with E-state index in [1.165, 1.54) is 18.5 Å². The Hall–Kier alpha value is -2.17. The van der Waals surface area contributed by atoms with E-state index in [0.717, 1.165) is 43.0 Å². The number of aryl methyl sites for hydroxylation is 2. The van der Waals surface area contributed by atoms with E-state index in [1.54, 1.807) is 0 Å². The van der Waals surface area contributed by atoms with Crippen molar-refractivity contribution in [2.75, 3.05) is 23.3 Å². The third-order valence-electron chi connectivity index (χ3n) is 4.08. The Bertz CT molecular complexity index is 635. The summed E-state index contributed by atoms with van der Waals surface area (Å²) in [7, 11) is 0. The molecule has 0 saturated carbocycles. The molecule has 1 saturated heterocycles. The van der Waals surface area contributed by atoms with Crippen LogP contribution in [-0.4, -0.2) is 28.3 Å². The SMILES string of the molecule is CCc1nnc(Nc2cccc(N3CCCC3)c2)nc1CC. The Balaban J connectivity index is 1.79. The lowest BCUT2D eigenvalue weighted by atomic mass is 10.2. The van der Waals surface area contributed by atoms with Gasteiger partial charge in [-0.2, -0.15) is 0 Å². The molecule has 0 radical (unpaired) electrons. The molecule has 1 aliphatic rings. The first-order chi connectivity index (χ1) is 10.8. The fourth-order valence-corrected chi connectivity index (χ4v) is 2.88. The van der Waals surface area contributed by atoms with Crippen molar-refractivity contribution in [2.45, 2.75) is 39.5 Å². The monoisotopic (exact) mass is 297 g/mol. The molecule has 3 rings (SSSR count). The van der Waals surface area contributed by atoms with Crippen molar-refractivity contribution >= 4 is 17.3 Å². The molecule has 0 aliphatic carbocycles. The number of nitrogens with one attached hydrogen (secondary N) is 1. The molecule has 1 N–H and O–H groups in total. The molecule has 1 aliphatic heterocycles. The largest absolute Gasteiger partial charge is 0.371 e. The molecule has 0 spiro atoms. The van der Waals surface area contributed by atoms with Crippen LogP contribution >= 0.6 is 0 Å². The van der Waals surface area contributed by atoms with Crippen molar-refractivity contribution < 1.29 is 0 Å². The molecule has 5 nitrogen and oxygen atoms in total. The Kier molecular flexibility index (Phi) is 4.51. The standard InChI is InChI=1S/C17H23N5/c1-3-15-16(4-2)20-21-17(19-15)18-13-8-7-9-14(12-13)22-10-5-6-11-22/h7-9,12H,3-6,10-11H2,1-2H3,(H,18,19,21). The molecule has 2 heterocycles. The van der Waals surface area contributed by atoms with Gasteiger partial charge in [0.1, 0.15) is 0 Å². The molecule has 2 aromatic rings. The van der Waals surface area contributed by atoms with Gasteiger partial charge in [0.05, 0.1) is 11.4 Å². The van der Waals surface area contributed by atoms with E-state index in [4.69, 9.17) is 0 Å². The smallest absolute Gasteiger partial charge is 0.247 e. The molecular formula is C17H23N5. The zero-order valence-electron chi connectivity index (χ0n) is 13.3. The maximum atomic E-state index is 4.59. The number of benzene rings is 1. The molecule has 1 fully saturated rings. The van der Waals surface area contributed by atoms with Crippen molar-refractivity contribution in [3.8, 4) is 0 Å². The number of anilines is 3. The lowest BCUT2D eigenvalue weighted by molar-refractivity contribution is 0.829. The molecule has 1 aromatic carbocycles. The fraction of sp³-hybridized carbons (Fsp3) is 0.471. The van der Waals surface area contributed by atoms with E-state index in [2.05, 4.69) is 57.4 Å². The Morgan fingerprint density at radius 1 is 1.05 bits per heavy atom. The lowest BCUT2D eigenvalue weighted by Crippen LogP contribution is -2.17. The number of hydrogen-bond donors (Lipinski definition) is 1. The summed E-state index contributed by atoms with van der Waals surface area (Å²) in [6.45, 7) is 6.47. The first-order valence-corrected chi connectivity index (χ1v) is 8.14. The van der Waals surface area contributed by atoms with Gasteiger partial charge in [0.25, 0.3) is 0 Å². The van der Waals surface area contributed by atoms with Crippen molar-refractivity contribution in [3.05, 3.63) is 35.7 Å². The van der Waals surface area contributed by atoms with E-state index in [9.17, 15) is 0 Å². The van der Waals surface area contributed by atoms with E-state index >= 15 is 0 Å². The lowest BCUT2D eigenvalue weighted by Gasteiger charge is -2.18. The molecule has 0 atom stereocenters. The summed E-state index contributed by atoms with van der Waals surface area (Å²) in [5.41, 5.74) is 4.28. The molecule has 0 unspecified atom stereocenters. The first-order valence-electron chi connectivity index (χ1n) is 8.14. The topological polar surface area (TPSA) is 53.9 Å². The zero-order chi connectivity index (χ0) is 15.4. The van der Waals surface area contributed by atoms with E-state index in [0.29, 0.717) is 5.95 Å². The number of aromatic nitrogens is 3. The predicted octanol–water partition coefficient (Wildman–Crippen LogP) is 3.34. The first kappa shape index (κ1) is 14.8. The summed E-state index contributed by atoms with van der Waals surface area (Å²) in [5, 5.41) is 11.8. The minimum absolute atomic E-state index is 0.577. The Morgan fingerprint density at radius 3 is 2.55 bits per heavy atom. The Labute approximate surface area is 131 Å². The predicted molar refractivity (Wildman–Crippen MR) is 89.8 cm³/mol. The molecule has 0 amide bonds. The van der Waals surface area contributed by atoms with Crippen LogP contribution in [0.15, 0.2) is 24.3 Å². The van der Waals surface area contributed by atoms with E-state index < -0.39 is 0 Å². The second kappa shape index (κ2) is 6.73. The summed E-state index contributed by atoms with van der Waals surface area (Å²) >= 11 is 0. The molecule has 22 heavy (non-hydrogen) atoms. The highest BCUT2D eigenvalue weighted by molar-refractivity contribution is 5.62. The third kappa shape index (κ3) is 3.18. The highest BCUT2D eigenvalue weighted by Gasteiger charge is 2.13. The quantitative estimate of drug-likeness (QED) is 0.917. The van der Waals surface area contributed by atoms with Crippen LogP contribution in [0.5, 0.6) is 0 Å². The number of hydrogen-bond acceptors (Lipinski definition) is 5. The summed E-state index contributed by atoms with van der Waals surface area (Å²) in [6.07, 6.45) is 4.31. The highest BCUT2D eigenvalue weighted by Crippen LogP contribution is 2.24. The Morgan fingerprint density at radius 2 is 1.82 bits per heavy atom. The minimum Gasteiger partial charge on any atom is -0.371 e. The van der Waals surface area contributed by atoms with Gasteiger partial charge in [-0.05, 0) is 43.9 Å². The van der Waals surface area contributed by atoms with Gasteiger partial charge in [-0.15, -0.1) is 10.2 Å². The molecular weight excluding hydrogens is 274 g/mol. The summed E-state index contributed by atoms with van der Waals surface area (Å²) in [4.78, 5) is 7.00. The van der Waals surface area contributed by atoms with Crippen LogP contribution in [0.25, 0.3) is 0 Å². The fourth-order valence-electron chi connectivity index (χ4n) is 2.88. The van der Waals surface area contributed by atoms with Crippen LogP contribution in [0, 0.1) is 0 Å². The van der Waals surface area contributed by atoms with Gasteiger partial charge >= 0.3 is 0 Å². The van der Waals surface area contributed by atoms with Gasteiger partial charge in [0.15, 0.2) is 0 Å². The van der Waals surface area contributed by atoms with Crippen molar-refractivity contribution in [2.24, 2.45) is 0 Å².